The Morgan fingerprint density at radius 1 is 1.04 bits per heavy atom. The molecule has 0 aromatic heterocycles. The van der Waals surface area contributed by atoms with Crippen molar-refractivity contribution >= 4 is 17.5 Å². The van der Waals surface area contributed by atoms with Gasteiger partial charge in [0.1, 0.15) is 5.75 Å². The van der Waals surface area contributed by atoms with Gasteiger partial charge in [0.15, 0.2) is 0 Å². The van der Waals surface area contributed by atoms with Crippen molar-refractivity contribution in [3.8, 4) is 5.75 Å². The summed E-state index contributed by atoms with van der Waals surface area (Å²) in [5.74, 6) is 0.891. The molecule has 148 valence electrons. The fourth-order valence-corrected chi connectivity index (χ4v) is 3.48. The molecule has 3 rings (SSSR count). The number of carbonyl (C=O) groups is 2. The SMILES string of the molecule is COc1ccc(CC(=O)N2CCC(C(=O)Nc3ccc(C)c(C)c3)CC2)cc1. The van der Waals surface area contributed by atoms with E-state index >= 15 is 0 Å². The van der Waals surface area contributed by atoms with Crippen molar-refractivity contribution in [3.63, 3.8) is 0 Å². The number of hydrogen-bond acceptors (Lipinski definition) is 3. The van der Waals surface area contributed by atoms with E-state index in [1.54, 1.807) is 7.11 Å². The van der Waals surface area contributed by atoms with Crippen molar-refractivity contribution in [2.75, 3.05) is 25.5 Å². The van der Waals surface area contributed by atoms with E-state index < -0.39 is 0 Å². The molecular formula is C23H28N2O3. The van der Waals surface area contributed by atoms with Crippen molar-refractivity contribution in [1.29, 1.82) is 0 Å². The molecule has 0 spiro atoms. The smallest absolute Gasteiger partial charge is 0.227 e. The first-order valence-electron chi connectivity index (χ1n) is 9.75. The highest BCUT2D eigenvalue weighted by Crippen LogP contribution is 2.22. The largest absolute Gasteiger partial charge is 0.497 e. The third kappa shape index (κ3) is 4.91. The minimum atomic E-state index is -0.0494. The van der Waals surface area contributed by atoms with E-state index in [0.29, 0.717) is 32.4 Å². The van der Waals surface area contributed by atoms with Crippen molar-refractivity contribution in [1.82, 2.24) is 4.90 Å². The number of hydrogen-bond donors (Lipinski definition) is 1. The number of aryl methyl sites for hydroxylation is 2. The van der Waals surface area contributed by atoms with Crippen LogP contribution in [0.3, 0.4) is 0 Å². The van der Waals surface area contributed by atoms with Crippen molar-refractivity contribution in [3.05, 3.63) is 59.2 Å². The normalized spacial score (nSPS) is 14.6. The summed E-state index contributed by atoms with van der Waals surface area (Å²) >= 11 is 0. The highest BCUT2D eigenvalue weighted by molar-refractivity contribution is 5.93. The van der Waals surface area contributed by atoms with Gasteiger partial charge in [-0.1, -0.05) is 18.2 Å². The standard InChI is InChI=1S/C23H28N2O3/c1-16-4-7-20(14-17(16)2)24-23(27)19-10-12-25(13-11-19)22(26)15-18-5-8-21(28-3)9-6-18/h4-9,14,19H,10-13,15H2,1-3H3,(H,24,27). The van der Waals surface area contributed by atoms with E-state index in [0.717, 1.165) is 22.6 Å². The maximum Gasteiger partial charge on any atom is 0.227 e. The number of likely N-dealkylation sites (tertiary alicyclic amines) is 1. The Labute approximate surface area is 166 Å². The first-order chi connectivity index (χ1) is 13.5. The number of nitrogens with one attached hydrogen (secondary N) is 1. The number of ether oxygens (including phenoxy) is 1. The number of nitrogens with zero attached hydrogens (tertiary/aromatic N) is 1. The molecule has 0 aliphatic carbocycles. The van der Waals surface area contributed by atoms with E-state index in [2.05, 4.69) is 12.2 Å². The highest BCUT2D eigenvalue weighted by Gasteiger charge is 2.27. The van der Waals surface area contributed by atoms with Crippen LogP contribution in [-0.2, 0) is 16.0 Å². The quantitative estimate of drug-likeness (QED) is 0.860. The molecular weight excluding hydrogens is 352 g/mol. The van der Waals surface area contributed by atoms with Gasteiger partial charge in [0.25, 0.3) is 0 Å². The van der Waals surface area contributed by atoms with Gasteiger partial charge in [0.2, 0.25) is 11.8 Å². The Kier molecular flexibility index (Phi) is 6.34. The van der Waals surface area contributed by atoms with Crippen molar-refractivity contribution < 1.29 is 14.3 Å². The fraction of sp³-hybridized carbons (Fsp3) is 0.391. The summed E-state index contributed by atoms with van der Waals surface area (Å²) in [7, 11) is 1.63. The second-order valence-electron chi connectivity index (χ2n) is 7.47. The summed E-state index contributed by atoms with van der Waals surface area (Å²) < 4.78 is 5.15. The predicted octanol–water partition coefficient (Wildman–Crippen LogP) is 3.73. The monoisotopic (exact) mass is 380 g/mol. The molecule has 1 aliphatic heterocycles. The maximum absolute atomic E-state index is 12.6. The van der Waals surface area contributed by atoms with Gasteiger partial charge >= 0.3 is 0 Å². The molecule has 2 aromatic rings. The molecule has 5 nitrogen and oxygen atoms in total. The topological polar surface area (TPSA) is 58.6 Å². The number of amides is 2. The van der Waals surface area contributed by atoms with Gasteiger partial charge < -0.3 is 15.0 Å². The second-order valence-corrected chi connectivity index (χ2v) is 7.47. The molecule has 0 unspecified atom stereocenters. The molecule has 5 heteroatoms. The summed E-state index contributed by atoms with van der Waals surface area (Å²) in [5.41, 5.74) is 4.19. The van der Waals surface area contributed by atoms with Crippen LogP contribution in [0, 0.1) is 19.8 Å². The average molecular weight is 380 g/mol. The molecule has 1 aliphatic rings. The average Bonchev–Trinajstić information content (AvgIpc) is 2.71. The summed E-state index contributed by atoms with van der Waals surface area (Å²) in [6.07, 6.45) is 1.78. The predicted molar refractivity (Wildman–Crippen MR) is 111 cm³/mol. The minimum absolute atomic E-state index is 0.0468. The van der Waals surface area contributed by atoms with Crippen LogP contribution >= 0.6 is 0 Å². The Balaban J connectivity index is 1.49. The lowest BCUT2D eigenvalue weighted by Gasteiger charge is -2.31. The molecule has 2 aromatic carbocycles. The summed E-state index contributed by atoms with van der Waals surface area (Å²) in [6, 6.07) is 13.5. The van der Waals surface area contributed by atoms with Crippen LogP contribution in [0.2, 0.25) is 0 Å². The lowest BCUT2D eigenvalue weighted by molar-refractivity contribution is -0.133. The van der Waals surface area contributed by atoms with E-state index in [9.17, 15) is 9.59 Å². The van der Waals surface area contributed by atoms with Crippen LogP contribution in [0.1, 0.15) is 29.5 Å². The highest BCUT2D eigenvalue weighted by atomic mass is 16.5. The lowest BCUT2D eigenvalue weighted by Crippen LogP contribution is -2.42. The third-order valence-corrected chi connectivity index (χ3v) is 5.51. The molecule has 0 bridgehead atoms. The van der Waals surface area contributed by atoms with Crippen LogP contribution < -0.4 is 10.1 Å². The minimum Gasteiger partial charge on any atom is -0.497 e. The Bertz CT molecular complexity index is 837. The number of piperidine rings is 1. The summed E-state index contributed by atoms with van der Waals surface area (Å²) in [4.78, 5) is 27.0. The lowest BCUT2D eigenvalue weighted by atomic mass is 9.95. The van der Waals surface area contributed by atoms with Gasteiger partial charge in [-0.25, -0.2) is 0 Å². The zero-order valence-electron chi connectivity index (χ0n) is 16.8. The zero-order valence-corrected chi connectivity index (χ0v) is 16.8. The van der Waals surface area contributed by atoms with Gasteiger partial charge in [0, 0.05) is 24.7 Å². The number of carbonyl (C=O) groups excluding carboxylic acids is 2. The number of benzene rings is 2. The molecule has 0 radical (unpaired) electrons. The van der Waals surface area contributed by atoms with Crippen LogP contribution in [0.15, 0.2) is 42.5 Å². The molecule has 28 heavy (non-hydrogen) atoms. The number of methoxy groups -OCH3 is 1. The number of rotatable bonds is 5. The molecule has 2 amide bonds. The molecule has 1 saturated heterocycles. The summed E-state index contributed by atoms with van der Waals surface area (Å²) in [6.45, 7) is 5.34. The van der Waals surface area contributed by atoms with Gasteiger partial charge in [-0.15, -0.1) is 0 Å². The van der Waals surface area contributed by atoms with E-state index in [1.165, 1.54) is 5.56 Å². The van der Waals surface area contributed by atoms with E-state index in [4.69, 9.17) is 4.74 Å². The van der Waals surface area contributed by atoms with Crippen molar-refractivity contribution in [2.24, 2.45) is 5.92 Å². The van der Waals surface area contributed by atoms with Gasteiger partial charge in [-0.3, -0.25) is 9.59 Å². The Morgan fingerprint density at radius 2 is 1.71 bits per heavy atom. The third-order valence-electron chi connectivity index (χ3n) is 5.51. The maximum atomic E-state index is 12.6. The zero-order chi connectivity index (χ0) is 20.1. The summed E-state index contributed by atoms with van der Waals surface area (Å²) in [5, 5.41) is 3.02. The first-order valence-corrected chi connectivity index (χ1v) is 9.75. The van der Waals surface area contributed by atoms with Gasteiger partial charge in [-0.05, 0) is 67.6 Å². The molecule has 0 saturated carbocycles. The first kappa shape index (κ1) is 19.9. The molecule has 1 heterocycles. The fourth-order valence-electron chi connectivity index (χ4n) is 3.48. The van der Waals surface area contributed by atoms with Gasteiger partial charge in [0.05, 0.1) is 13.5 Å². The molecule has 1 N–H and O–H groups in total. The van der Waals surface area contributed by atoms with E-state index in [1.807, 2.05) is 54.3 Å². The number of anilines is 1. The van der Waals surface area contributed by atoms with E-state index in [-0.39, 0.29) is 17.7 Å². The van der Waals surface area contributed by atoms with Crippen LogP contribution in [0.4, 0.5) is 5.69 Å². The van der Waals surface area contributed by atoms with Crippen molar-refractivity contribution in [2.45, 2.75) is 33.1 Å². The van der Waals surface area contributed by atoms with Crippen LogP contribution in [-0.4, -0.2) is 36.9 Å². The Morgan fingerprint density at radius 3 is 2.32 bits per heavy atom. The molecule has 1 fully saturated rings. The Hall–Kier alpha value is -2.82. The van der Waals surface area contributed by atoms with Gasteiger partial charge in [-0.2, -0.15) is 0 Å². The second kappa shape index (κ2) is 8.91. The van der Waals surface area contributed by atoms with Crippen LogP contribution in [0.5, 0.6) is 5.75 Å². The molecule has 0 atom stereocenters. The van der Waals surface area contributed by atoms with Crippen LogP contribution in [0.25, 0.3) is 0 Å².